The molecule has 1 heterocycles. The number of carbonyl (C=O) groups excluding carboxylic acids is 1. The van der Waals surface area contributed by atoms with Crippen LogP contribution in [0.3, 0.4) is 0 Å². The van der Waals surface area contributed by atoms with E-state index >= 15 is 0 Å². The van der Waals surface area contributed by atoms with E-state index in [2.05, 4.69) is 32.9 Å². The summed E-state index contributed by atoms with van der Waals surface area (Å²) in [5.74, 6) is -1.46. The van der Waals surface area contributed by atoms with Crippen molar-refractivity contribution in [3.63, 3.8) is 0 Å². The fourth-order valence-corrected chi connectivity index (χ4v) is 3.32. The molecule has 0 saturated carbocycles. The van der Waals surface area contributed by atoms with Gasteiger partial charge in [-0.05, 0) is 72.2 Å². The van der Waals surface area contributed by atoms with Crippen molar-refractivity contribution in [3.8, 4) is 0 Å². The average Bonchev–Trinajstić information content (AvgIpc) is 2.65. The number of nitrogens with one attached hydrogen (secondary N) is 1. The van der Waals surface area contributed by atoms with Crippen molar-refractivity contribution < 1.29 is 14.7 Å². The molecular formula is C20H23IN4O4. The molecule has 0 fully saturated rings. The predicted molar refractivity (Wildman–Crippen MR) is 119 cm³/mol. The first-order valence-corrected chi connectivity index (χ1v) is 10.1. The summed E-state index contributed by atoms with van der Waals surface area (Å²) in [6.07, 6.45) is 2.22. The maximum absolute atomic E-state index is 12.7. The number of hydrogen-bond donors (Lipinski definition) is 3. The van der Waals surface area contributed by atoms with Crippen LogP contribution in [0.25, 0.3) is 0 Å². The van der Waals surface area contributed by atoms with Gasteiger partial charge in [0.05, 0.1) is 12.4 Å². The lowest BCUT2D eigenvalue weighted by Gasteiger charge is -2.14. The summed E-state index contributed by atoms with van der Waals surface area (Å²) < 4.78 is 2.47. The molecule has 0 aliphatic carbocycles. The molecule has 154 valence electrons. The number of carboxylic acid groups (broad SMARTS) is 1. The van der Waals surface area contributed by atoms with E-state index in [4.69, 9.17) is 5.73 Å². The second-order valence-corrected chi connectivity index (χ2v) is 7.76. The third kappa shape index (κ3) is 7.00. The number of hydrogen-bond acceptors (Lipinski definition) is 4. The smallest absolute Gasteiger partial charge is 0.326 e. The number of aliphatic imine (C=N–C) groups is 1. The van der Waals surface area contributed by atoms with Gasteiger partial charge in [-0.3, -0.25) is 14.6 Å². The lowest BCUT2D eigenvalue weighted by atomic mass is 10.1. The van der Waals surface area contributed by atoms with E-state index in [1.165, 1.54) is 10.6 Å². The zero-order valence-corrected chi connectivity index (χ0v) is 18.1. The van der Waals surface area contributed by atoms with E-state index in [1.54, 1.807) is 19.2 Å². The Labute approximate surface area is 182 Å². The number of halogens is 1. The number of nitrogens with zero attached hydrogens (tertiary/aromatic N) is 2. The maximum Gasteiger partial charge on any atom is 0.326 e. The van der Waals surface area contributed by atoms with Gasteiger partial charge in [-0.1, -0.05) is 12.1 Å². The Morgan fingerprint density at radius 1 is 1.31 bits per heavy atom. The minimum absolute atomic E-state index is 0.0970. The van der Waals surface area contributed by atoms with Gasteiger partial charge in [0, 0.05) is 16.3 Å². The molecule has 0 saturated heterocycles. The zero-order valence-electron chi connectivity index (χ0n) is 16.0. The number of aromatic nitrogens is 1. The Hall–Kier alpha value is -2.69. The number of nitrogens with two attached hydrogens (primary N) is 1. The third-order valence-electron chi connectivity index (χ3n) is 4.12. The van der Waals surface area contributed by atoms with Gasteiger partial charge in [0.25, 0.3) is 11.5 Å². The first-order valence-electron chi connectivity index (χ1n) is 9.02. The van der Waals surface area contributed by atoms with Gasteiger partial charge in [0.1, 0.15) is 11.6 Å². The fraction of sp³-hybridized carbons (Fsp3) is 0.300. The summed E-state index contributed by atoms with van der Waals surface area (Å²) in [4.78, 5) is 40.7. The van der Waals surface area contributed by atoms with Crippen LogP contribution in [0.4, 0.5) is 0 Å². The normalized spacial score (nSPS) is 12.4. The number of aliphatic carboxylic acids is 1. The number of benzene rings is 1. The van der Waals surface area contributed by atoms with Gasteiger partial charge in [0.15, 0.2) is 0 Å². The van der Waals surface area contributed by atoms with E-state index < -0.39 is 23.5 Å². The number of amides is 1. The molecule has 0 unspecified atom stereocenters. The van der Waals surface area contributed by atoms with Gasteiger partial charge in [0.2, 0.25) is 0 Å². The summed E-state index contributed by atoms with van der Waals surface area (Å²) in [7, 11) is 0. The highest BCUT2D eigenvalue weighted by Gasteiger charge is 2.22. The molecule has 1 aromatic heterocycles. The molecule has 0 aliphatic heterocycles. The molecule has 1 aromatic carbocycles. The Morgan fingerprint density at radius 3 is 2.72 bits per heavy atom. The van der Waals surface area contributed by atoms with E-state index in [-0.39, 0.29) is 12.0 Å². The van der Waals surface area contributed by atoms with E-state index in [0.717, 1.165) is 9.13 Å². The van der Waals surface area contributed by atoms with Crippen molar-refractivity contribution in [2.24, 2.45) is 10.7 Å². The summed E-state index contributed by atoms with van der Waals surface area (Å²) >= 11 is 2.19. The van der Waals surface area contributed by atoms with E-state index in [0.29, 0.717) is 25.3 Å². The molecule has 1 atom stereocenters. The second kappa shape index (κ2) is 10.7. The molecule has 0 spiro atoms. The molecule has 0 bridgehead atoms. The third-order valence-corrected chi connectivity index (χ3v) is 4.79. The highest BCUT2D eigenvalue weighted by Crippen LogP contribution is 2.09. The highest BCUT2D eigenvalue weighted by molar-refractivity contribution is 14.1. The number of amidine groups is 1. The maximum atomic E-state index is 12.7. The fourth-order valence-electron chi connectivity index (χ4n) is 2.71. The van der Waals surface area contributed by atoms with Crippen LogP contribution >= 0.6 is 22.6 Å². The van der Waals surface area contributed by atoms with Gasteiger partial charge >= 0.3 is 5.97 Å². The Kier molecular flexibility index (Phi) is 8.37. The Morgan fingerprint density at radius 2 is 2.07 bits per heavy atom. The summed E-state index contributed by atoms with van der Waals surface area (Å²) in [5.41, 5.74) is 5.80. The van der Waals surface area contributed by atoms with Crippen LogP contribution in [0.2, 0.25) is 0 Å². The molecule has 0 aliphatic rings. The highest BCUT2D eigenvalue weighted by atomic mass is 127. The SMILES string of the molecule is CC(N)=NCCC[C@H](NC(=O)c1cccn(Cc2cccc(I)c2)c1=O)C(=O)O. The van der Waals surface area contributed by atoms with E-state index in [9.17, 15) is 19.5 Å². The van der Waals surface area contributed by atoms with Crippen molar-refractivity contribution in [2.75, 3.05) is 6.54 Å². The van der Waals surface area contributed by atoms with Gasteiger partial charge in [-0.15, -0.1) is 0 Å². The monoisotopic (exact) mass is 510 g/mol. The molecule has 29 heavy (non-hydrogen) atoms. The largest absolute Gasteiger partial charge is 0.480 e. The standard InChI is InChI=1S/C20H23IN4O4/c1-13(22)23-9-3-8-17(20(28)29)24-18(26)16-7-4-10-25(19(16)27)12-14-5-2-6-15(21)11-14/h2,4-7,10-11,17H,3,8-9,12H2,1H3,(H2,22,23)(H,24,26)(H,28,29)/t17-/m0/s1. The van der Waals surface area contributed by atoms with Crippen LogP contribution in [0.15, 0.2) is 52.4 Å². The molecule has 2 rings (SSSR count). The van der Waals surface area contributed by atoms with Crippen molar-refractivity contribution >= 4 is 40.3 Å². The minimum Gasteiger partial charge on any atom is -0.480 e. The first-order chi connectivity index (χ1) is 13.8. The van der Waals surface area contributed by atoms with Crippen molar-refractivity contribution in [2.45, 2.75) is 32.4 Å². The number of pyridine rings is 1. The molecule has 9 heteroatoms. The Bertz CT molecular complexity index is 967. The lowest BCUT2D eigenvalue weighted by molar-refractivity contribution is -0.139. The molecule has 2 aromatic rings. The van der Waals surface area contributed by atoms with Crippen LogP contribution in [-0.4, -0.2) is 40.0 Å². The first kappa shape index (κ1) is 22.6. The van der Waals surface area contributed by atoms with Crippen LogP contribution in [0, 0.1) is 3.57 Å². The topological polar surface area (TPSA) is 127 Å². The van der Waals surface area contributed by atoms with E-state index in [1.807, 2.05) is 24.3 Å². The van der Waals surface area contributed by atoms with Gasteiger partial charge in [-0.25, -0.2) is 4.79 Å². The van der Waals surface area contributed by atoms with Crippen molar-refractivity contribution in [3.05, 3.63) is 67.6 Å². The Balaban J connectivity index is 2.12. The molecule has 0 radical (unpaired) electrons. The van der Waals surface area contributed by atoms with Gasteiger partial charge in [-0.2, -0.15) is 0 Å². The summed E-state index contributed by atoms with van der Waals surface area (Å²) in [6.45, 7) is 2.33. The number of carbonyl (C=O) groups is 2. The zero-order chi connectivity index (χ0) is 21.4. The van der Waals surface area contributed by atoms with Crippen molar-refractivity contribution in [1.82, 2.24) is 9.88 Å². The quantitative estimate of drug-likeness (QED) is 0.206. The number of rotatable bonds is 9. The van der Waals surface area contributed by atoms with Crippen LogP contribution in [0.5, 0.6) is 0 Å². The summed E-state index contributed by atoms with van der Waals surface area (Å²) in [5, 5.41) is 11.8. The lowest BCUT2D eigenvalue weighted by Crippen LogP contribution is -2.43. The van der Waals surface area contributed by atoms with Crippen LogP contribution in [-0.2, 0) is 11.3 Å². The second-order valence-electron chi connectivity index (χ2n) is 6.51. The van der Waals surface area contributed by atoms with Crippen molar-refractivity contribution in [1.29, 1.82) is 0 Å². The average molecular weight is 510 g/mol. The van der Waals surface area contributed by atoms with Crippen LogP contribution < -0.4 is 16.6 Å². The minimum atomic E-state index is -1.16. The van der Waals surface area contributed by atoms with Crippen LogP contribution in [0.1, 0.15) is 35.7 Å². The molecule has 1 amide bonds. The summed E-state index contributed by atoms with van der Waals surface area (Å²) in [6, 6.07) is 9.57. The predicted octanol–water partition coefficient (Wildman–Crippen LogP) is 1.84. The van der Waals surface area contributed by atoms with Gasteiger partial charge < -0.3 is 20.7 Å². The molecular weight excluding hydrogens is 487 g/mol. The number of carboxylic acids is 1. The molecule has 8 nitrogen and oxygen atoms in total. The molecule has 4 N–H and O–H groups in total.